The van der Waals surface area contributed by atoms with Gasteiger partial charge in [0, 0.05) is 38.4 Å². The van der Waals surface area contributed by atoms with E-state index in [2.05, 4.69) is 65.6 Å². The summed E-state index contributed by atoms with van der Waals surface area (Å²) >= 11 is 0. The van der Waals surface area contributed by atoms with E-state index in [-0.39, 0.29) is 0 Å². The van der Waals surface area contributed by atoms with Gasteiger partial charge < -0.3 is 20.3 Å². The molecule has 146 valence electrons. The molecule has 1 unspecified atom stereocenters. The predicted molar refractivity (Wildman–Crippen MR) is 111 cm³/mol. The van der Waals surface area contributed by atoms with Crippen LogP contribution in [-0.4, -0.2) is 45.4 Å². The molecule has 0 radical (unpaired) electrons. The fourth-order valence-electron chi connectivity index (χ4n) is 3.16. The first-order chi connectivity index (χ1) is 12.6. The Morgan fingerprint density at radius 1 is 1.12 bits per heavy atom. The molecule has 0 bridgehead atoms. The molecule has 0 amide bonds. The molecule has 1 aromatic rings. The van der Waals surface area contributed by atoms with Gasteiger partial charge in [-0.2, -0.15) is 0 Å². The third-order valence-corrected chi connectivity index (χ3v) is 4.80. The van der Waals surface area contributed by atoms with Gasteiger partial charge >= 0.3 is 0 Å². The standard InChI is InChI=1S/C21H36N4O/c1-17(2)6-5-7-18(3)24-21(22-4)23-16-19-8-10-20(11-9-19)25-12-14-26-15-13-25/h8-11,17-18H,5-7,12-16H2,1-4H3,(H2,22,23,24). The molecule has 26 heavy (non-hydrogen) atoms. The van der Waals surface area contributed by atoms with E-state index < -0.39 is 0 Å². The highest BCUT2D eigenvalue weighted by Crippen LogP contribution is 2.16. The summed E-state index contributed by atoms with van der Waals surface area (Å²) in [6.45, 7) is 11.2. The third kappa shape index (κ3) is 7.24. The van der Waals surface area contributed by atoms with Crippen LogP contribution in [0.5, 0.6) is 0 Å². The highest BCUT2D eigenvalue weighted by Gasteiger charge is 2.11. The van der Waals surface area contributed by atoms with Crippen LogP contribution in [0.3, 0.4) is 0 Å². The fourth-order valence-corrected chi connectivity index (χ4v) is 3.16. The number of hydrogen-bond acceptors (Lipinski definition) is 3. The summed E-state index contributed by atoms with van der Waals surface area (Å²) in [7, 11) is 1.83. The number of anilines is 1. The van der Waals surface area contributed by atoms with E-state index in [0.717, 1.165) is 44.7 Å². The molecule has 1 heterocycles. The van der Waals surface area contributed by atoms with Gasteiger partial charge in [0.25, 0.3) is 0 Å². The van der Waals surface area contributed by atoms with Crippen molar-refractivity contribution in [1.82, 2.24) is 10.6 Å². The lowest BCUT2D eigenvalue weighted by molar-refractivity contribution is 0.122. The normalized spacial score (nSPS) is 16.7. The second kappa shape index (κ2) is 11.1. The summed E-state index contributed by atoms with van der Waals surface area (Å²) < 4.78 is 5.42. The van der Waals surface area contributed by atoms with Gasteiger partial charge in [0.05, 0.1) is 13.2 Å². The van der Waals surface area contributed by atoms with Crippen LogP contribution in [0.15, 0.2) is 29.3 Å². The molecule has 1 aliphatic heterocycles. The SMILES string of the molecule is CN=C(NCc1ccc(N2CCOCC2)cc1)NC(C)CCCC(C)C. The van der Waals surface area contributed by atoms with Gasteiger partial charge in [0.15, 0.2) is 5.96 Å². The molecule has 0 aliphatic carbocycles. The average molecular weight is 361 g/mol. The summed E-state index contributed by atoms with van der Waals surface area (Å²) in [5.74, 6) is 1.65. The quantitative estimate of drug-likeness (QED) is 0.551. The van der Waals surface area contributed by atoms with Crippen LogP contribution >= 0.6 is 0 Å². The van der Waals surface area contributed by atoms with E-state index in [1.54, 1.807) is 0 Å². The molecular weight excluding hydrogens is 324 g/mol. The number of hydrogen-bond donors (Lipinski definition) is 2. The van der Waals surface area contributed by atoms with Gasteiger partial charge in [-0.05, 0) is 37.0 Å². The van der Waals surface area contributed by atoms with E-state index in [1.807, 2.05) is 7.05 Å². The van der Waals surface area contributed by atoms with Gasteiger partial charge in [-0.15, -0.1) is 0 Å². The first kappa shape index (κ1) is 20.6. The Bertz CT molecular complexity index is 535. The predicted octanol–water partition coefficient (Wildman–Crippen LogP) is 3.40. The summed E-state index contributed by atoms with van der Waals surface area (Å²) in [6, 6.07) is 9.22. The van der Waals surface area contributed by atoms with Crippen molar-refractivity contribution in [2.75, 3.05) is 38.3 Å². The lowest BCUT2D eigenvalue weighted by atomic mass is 10.0. The molecular formula is C21H36N4O. The third-order valence-electron chi connectivity index (χ3n) is 4.80. The van der Waals surface area contributed by atoms with Crippen LogP contribution < -0.4 is 15.5 Å². The number of benzene rings is 1. The number of ether oxygens (including phenoxy) is 1. The second-order valence-corrected chi connectivity index (χ2v) is 7.56. The number of guanidine groups is 1. The van der Waals surface area contributed by atoms with Crippen LogP contribution in [0.2, 0.25) is 0 Å². The van der Waals surface area contributed by atoms with Crippen molar-refractivity contribution in [1.29, 1.82) is 0 Å². The van der Waals surface area contributed by atoms with Crippen molar-refractivity contribution in [2.24, 2.45) is 10.9 Å². The Balaban J connectivity index is 1.75. The first-order valence-electron chi connectivity index (χ1n) is 9.97. The lowest BCUT2D eigenvalue weighted by Crippen LogP contribution is -2.41. The molecule has 1 fully saturated rings. The van der Waals surface area contributed by atoms with Crippen LogP contribution in [0, 0.1) is 5.92 Å². The van der Waals surface area contributed by atoms with Crippen molar-refractivity contribution in [2.45, 2.75) is 52.6 Å². The molecule has 5 nitrogen and oxygen atoms in total. The minimum atomic E-state index is 0.434. The van der Waals surface area contributed by atoms with E-state index in [1.165, 1.54) is 30.5 Å². The Morgan fingerprint density at radius 3 is 2.42 bits per heavy atom. The van der Waals surface area contributed by atoms with Crippen LogP contribution in [-0.2, 0) is 11.3 Å². The zero-order valence-electron chi connectivity index (χ0n) is 16.9. The van der Waals surface area contributed by atoms with Gasteiger partial charge in [0.1, 0.15) is 0 Å². The molecule has 1 atom stereocenters. The average Bonchev–Trinajstić information content (AvgIpc) is 2.66. The van der Waals surface area contributed by atoms with Crippen molar-refractivity contribution in [3.63, 3.8) is 0 Å². The molecule has 0 saturated carbocycles. The van der Waals surface area contributed by atoms with Gasteiger partial charge in [0.2, 0.25) is 0 Å². The zero-order valence-corrected chi connectivity index (χ0v) is 16.9. The molecule has 1 aliphatic rings. The van der Waals surface area contributed by atoms with E-state index in [4.69, 9.17) is 4.74 Å². The number of morpholine rings is 1. The second-order valence-electron chi connectivity index (χ2n) is 7.56. The number of nitrogens with one attached hydrogen (secondary N) is 2. The fraction of sp³-hybridized carbons (Fsp3) is 0.667. The monoisotopic (exact) mass is 360 g/mol. The molecule has 0 spiro atoms. The molecule has 2 rings (SSSR count). The van der Waals surface area contributed by atoms with Crippen molar-refractivity contribution < 1.29 is 4.74 Å². The van der Waals surface area contributed by atoms with Gasteiger partial charge in [-0.1, -0.05) is 38.8 Å². The highest BCUT2D eigenvalue weighted by atomic mass is 16.5. The maximum Gasteiger partial charge on any atom is 0.191 e. The van der Waals surface area contributed by atoms with Gasteiger partial charge in [-0.25, -0.2) is 0 Å². The van der Waals surface area contributed by atoms with E-state index in [9.17, 15) is 0 Å². The number of nitrogens with zero attached hydrogens (tertiary/aromatic N) is 2. The summed E-state index contributed by atoms with van der Waals surface area (Å²) in [5.41, 5.74) is 2.54. The number of aliphatic imine (C=N–C) groups is 1. The Hall–Kier alpha value is -1.75. The Kier molecular flexibility index (Phi) is 8.75. The van der Waals surface area contributed by atoms with Crippen molar-refractivity contribution in [3.8, 4) is 0 Å². The largest absolute Gasteiger partial charge is 0.378 e. The maximum absolute atomic E-state index is 5.42. The topological polar surface area (TPSA) is 48.9 Å². The molecule has 5 heteroatoms. The highest BCUT2D eigenvalue weighted by molar-refractivity contribution is 5.79. The Morgan fingerprint density at radius 2 is 1.81 bits per heavy atom. The number of rotatable bonds is 8. The van der Waals surface area contributed by atoms with E-state index in [0.29, 0.717) is 6.04 Å². The van der Waals surface area contributed by atoms with Crippen LogP contribution in [0.25, 0.3) is 0 Å². The molecule has 1 saturated heterocycles. The summed E-state index contributed by atoms with van der Waals surface area (Å²) in [6.07, 6.45) is 3.71. The minimum absolute atomic E-state index is 0.434. The van der Waals surface area contributed by atoms with Crippen LogP contribution in [0.4, 0.5) is 5.69 Å². The summed E-state index contributed by atoms with van der Waals surface area (Å²) in [4.78, 5) is 6.72. The minimum Gasteiger partial charge on any atom is -0.378 e. The molecule has 2 N–H and O–H groups in total. The smallest absolute Gasteiger partial charge is 0.191 e. The van der Waals surface area contributed by atoms with Crippen LogP contribution in [0.1, 0.15) is 45.6 Å². The molecule has 1 aromatic carbocycles. The Labute approximate surface area is 159 Å². The van der Waals surface area contributed by atoms with Crippen molar-refractivity contribution in [3.05, 3.63) is 29.8 Å². The van der Waals surface area contributed by atoms with E-state index >= 15 is 0 Å². The lowest BCUT2D eigenvalue weighted by Gasteiger charge is -2.29. The van der Waals surface area contributed by atoms with Gasteiger partial charge in [-0.3, -0.25) is 4.99 Å². The first-order valence-corrected chi connectivity index (χ1v) is 9.97. The molecule has 0 aromatic heterocycles. The zero-order chi connectivity index (χ0) is 18.8. The maximum atomic E-state index is 5.42. The summed E-state index contributed by atoms with van der Waals surface area (Å²) in [5, 5.41) is 6.91. The van der Waals surface area contributed by atoms with Crippen molar-refractivity contribution >= 4 is 11.6 Å².